The largest absolute Gasteiger partial charge is 0.479 e. The van der Waals surface area contributed by atoms with Gasteiger partial charge >= 0.3 is 0 Å². The van der Waals surface area contributed by atoms with Crippen molar-refractivity contribution in [2.75, 3.05) is 25.5 Å². The zero-order valence-electron chi connectivity index (χ0n) is 22.9. The molecule has 8 heteroatoms. The predicted molar refractivity (Wildman–Crippen MR) is 161 cm³/mol. The summed E-state index contributed by atoms with van der Waals surface area (Å²) in [4.78, 5) is 18.0. The quantitative estimate of drug-likeness (QED) is 0.366. The summed E-state index contributed by atoms with van der Waals surface area (Å²) in [6.07, 6.45) is 14.7. The molecule has 6 rings (SSSR count). The number of nitrogens with one attached hydrogen (secondary N) is 4. The molecule has 1 saturated carbocycles. The fourth-order valence-electron chi connectivity index (χ4n) is 5.99. The lowest BCUT2D eigenvalue weighted by molar-refractivity contribution is 0.0946. The van der Waals surface area contributed by atoms with Gasteiger partial charge in [0.2, 0.25) is 0 Å². The van der Waals surface area contributed by atoms with Crippen LogP contribution in [0.3, 0.4) is 0 Å². The number of carbonyl (C=O) groups excluding carboxylic acids is 1. The lowest BCUT2D eigenvalue weighted by atomic mass is 9.88. The monoisotopic (exact) mass is 545 g/mol. The third-order valence-electron chi connectivity index (χ3n) is 8.40. The summed E-state index contributed by atoms with van der Waals surface area (Å²) in [5.41, 5.74) is 4.70. The van der Waals surface area contributed by atoms with E-state index in [1.54, 1.807) is 6.20 Å². The molecule has 0 radical (unpaired) electrons. The van der Waals surface area contributed by atoms with E-state index in [4.69, 9.17) is 10.1 Å². The third-order valence-corrected chi connectivity index (χ3v) is 10.4. The van der Waals surface area contributed by atoms with Gasteiger partial charge < -0.3 is 26.1 Å². The zero-order chi connectivity index (χ0) is 27.5. The summed E-state index contributed by atoms with van der Waals surface area (Å²) in [5, 5.41) is 18.6. The Hall–Kier alpha value is -3.26. The molecule has 4 N–H and O–H groups in total. The first-order valence-corrected chi connectivity index (χ1v) is 14.9. The van der Waals surface area contributed by atoms with Crippen molar-refractivity contribution in [3.63, 3.8) is 0 Å². The highest BCUT2D eigenvalue weighted by molar-refractivity contribution is 8.02. The van der Waals surface area contributed by atoms with Crippen LogP contribution in [0, 0.1) is 17.2 Å². The van der Waals surface area contributed by atoms with Crippen LogP contribution in [0.15, 0.2) is 66.3 Å². The Morgan fingerprint density at radius 2 is 2.08 bits per heavy atom. The topological polar surface area (TPSA) is 99.1 Å². The molecule has 3 aliphatic heterocycles. The number of rotatable bonds is 5. The number of nitrogens with zero attached hydrogens (tertiary/aromatic N) is 1. The molecule has 1 aromatic heterocycles. The number of fused-ring (bicyclic) bond motifs is 3. The first-order valence-electron chi connectivity index (χ1n) is 13.9. The van der Waals surface area contributed by atoms with E-state index in [0.29, 0.717) is 53.1 Å². The number of amides is 1. The second kappa shape index (κ2) is 11.9. The molecule has 0 aromatic carbocycles. The molecule has 4 atom stereocenters. The Balaban J connectivity index is 1.48. The minimum absolute atomic E-state index is 0.0824. The number of ether oxygens (including phenoxy) is 1. The van der Waals surface area contributed by atoms with E-state index in [0.717, 1.165) is 28.7 Å². The molecule has 5 aliphatic rings. The van der Waals surface area contributed by atoms with Crippen molar-refractivity contribution < 1.29 is 9.53 Å². The van der Waals surface area contributed by atoms with Crippen molar-refractivity contribution in [2.24, 2.45) is 11.8 Å². The first kappa shape index (κ1) is 27.3. The maximum Gasteiger partial charge on any atom is 0.253 e. The van der Waals surface area contributed by atoms with Crippen molar-refractivity contribution in [3.05, 3.63) is 77.4 Å². The fraction of sp³-hybridized carbons (Fsp3) is 0.452. The second-order valence-corrected chi connectivity index (χ2v) is 12.2. The van der Waals surface area contributed by atoms with Gasteiger partial charge in [-0.1, -0.05) is 51.2 Å². The Labute approximate surface area is 235 Å². The lowest BCUT2D eigenvalue weighted by Crippen LogP contribution is -2.39. The molecule has 2 fully saturated rings. The van der Waals surface area contributed by atoms with E-state index < -0.39 is 0 Å². The van der Waals surface area contributed by atoms with Gasteiger partial charge in [0.15, 0.2) is 5.88 Å². The van der Waals surface area contributed by atoms with E-state index in [1.807, 2.05) is 43.1 Å². The van der Waals surface area contributed by atoms with Gasteiger partial charge in [-0.05, 0) is 59.4 Å². The van der Waals surface area contributed by atoms with Gasteiger partial charge in [0.1, 0.15) is 5.82 Å². The standard InChI is InChI=1S/C31H39N5O2S/c1-18-22-10-7-11-26(18)36-28-14-23(25(17-34-28)30(37)35-16-21-8-5-6-9-21)19(2)29-20(3)27(39-29)12-13-38-31(33-4)24(22)15-32/h7,10-11,14-15,17,20-21,26-27,29,32-33H,1-2,5-6,8-9,12-13,16H2,3-4H3,(H,34,36)(H,35,37)/b31-24-,32-15?/t20-,26?,27?,29?/m0/s1. The molecule has 6 bridgehead atoms. The van der Waals surface area contributed by atoms with Crippen LogP contribution >= 0.6 is 11.8 Å². The summed E-state index contributed by atoms with van der Waals surface area (Å²) in [6.45, 7) is 12.3. The maximum atomic E-state index is 13.4. The number of anilines is 1. The van der Waals surface area contributed by atoms with Crippen molar-refractivity contribution in [3.8, 4) is 0 Å². The number of thioether (sulfide) groups is 1. The molecule has 1 saturated heterocycles. The highest BCUT2D eigenvalue weighted by atomic mass is 32.2. The molecular weight excluding hydrogens is 506 g/mol. The van der Waals surface area contributed by atoms with Gasteiger partial charge in [-0.2, -0.15) is 0 Å². The molecule has 206 valence electrons. The van der Waals surface area contributed by atoms with Gasteiger partial charge in [-0.15, -0.1) is 11.8 Å². The van der Waals surface area contributed by atoms with Crippen LogP contribution in [0.25, 0.3) is 5.57 Å². The van der Waals surface area contributed by atoms with E-state index >= 15 is 0 Å². The average molecular weight is 546 g/mol. The smallest absolute Gasteiger partial charge is 0.253 e. The van der Waals surface area contributed by atoms with Crippen LogP contribution < -0.4 is 16.0 Å². The Morgan fingerprint density at radius 1 is 1.28 bits per heavy atom. The molecule has 1 amide bonds. The summed E-state index contributed by atoms with van der Waals surface area (Å²) in [6, 6.07) is 1.73. The van der Waals surface area contributed by atoms with E-state index in [-0.39, 0.29) is 17.2 Å². The SMILES string of the molecule is C=C1C2=CC=CC1Nc1cc(c(C(=O)NCC3CCCC3)cn1)C(=C)C1SC(CCO/C(NC)=C\2C=N)[C@@H]1C. The molecule has 7 nitrogen and oxygen atoms in total. The third kappa shape index (κ3) is 5.57. The van der Waals surface area contributed by atoms with Crippen LogP contribution in [0.5, 0.6) is 0 Å². The first-order chi connectivity index (χ1) is 18.9. The number of hydrogen-bond acceptors (Lipinski definition) is 7. The number of hydrogen-bond donors (Lipinski definition) is 4. The molecule has 3 unspecified atom stereocenters. The number of allylic oxidation sites excluding steroid dienone is 3. The number of carbonyl (C=O) groups is 1. The number of pyridine rings is 1. The van der Waals surface area contributed by atoms with Crippen LogP contribution in [-0.4, -0.2) is 53.8 Å². The van der Waals surface area contributed by atoms with Crippen molar-refractivity contribution >= 4 is 35.3 Å². The van der Waals surface area contributed by atoms with Gasteiger partial charge in [0, 0.05) is 36.5 Å². The van der Waals surface area contributed by atoms with Crippen LogP contribution in [-0.2, 0) is 4.74 Å². The maximum absolute atomic E-state index is 13.4. The zero-order valence-corrected chi connectivity index (χ0v) is 23.7. The molecule has 1 aromatic rings. The van der Waals surface area contributed by atoms with Crippen LogP contribution in [0.1, 0.15) is 54.9 Å². The van der Waals surface area contributed by atoms with Gasteiger partial charge in [-0.25, -0.2) is 4.98 Å². The molecular formula is C31H39N5O2S. The Kier molecular flexibility index (Phi) is 8.31. The van der Waals surface area contributed by atoms with Crippen molar-refractivity contribution in [2.45, 2.75) is 55.6 Å². The lowest BCUT2D eigenvalue weighted by Gasteiger charge is -2.43. The normalized spacial score (nSPS) is 29.0. The number of aromatic nitrogens is 1. The molecule has 4 heterocycles. The van der Waals surface area contributed by atoms with Crippen molar-refractivity contribution in [1.82, 2.24) is 15.6 Å². The molecule has 2 aliphatic carbocycles. The Bertz CT molecular complexity index is 1260. The Morgan fingerprint density at radius 3 is 2.79 bits per heavy atom. The van der Waals surface area contributed by atoms with E-state index in [9.17, 15) is 4.79 Å². The minimum Gasteiger partial charge on any atom is -0.479 e. The summed E-state index contributed by atoms with van der Waals surface area (Å²) < 4.78 is 6.16. The highest BCUT2D eigenvalue weighted by Gasteiger charge is 2.41. The molecule has 39 heavy (non-hydrogen) atoms. The van der Waals surface area contributed by atoms with Crippen LogP contribution in [0.4, 0.5) is 5.82 Å². The fourth-order valence-corrected chi connectivity index (χ4v) is 7.46. The summed E-state index contributed by atoms with van der Waals surface area (Å²) in [5.74, 6) is 2.10. The predicted octanol–water partition coefficient (Wildman–Crippen LogP) is 5.47. The van der Waals surface area contributed by atoms with Crippen molar-refractivity contribution in [1.29, 1.82) is 5.41 Å². The van der Waals surface area contributed by atoms with Gasteiger partial charge in [-0.3, -0.25) is 4.79 Å². The van der Waals surface area contributed by atoms with Gasteiger partial charge in [0.05, 0.1) is 23.8 Å². The van der Waals surface area contributed by atoms with E-state index in [2.05, 4.69) is 41.0 Å². The van der Waals surface area contributed by atoms with Gasteiger partial charge in [0.25, 0.3) is 5.91 Å². The average Bonchev–Trinajstić information content (AvgIpc) is 3.47. The summed E-state index contributed by atoms with van der Waals surface area (Å²) in [7, 11) is 1.81. The second-order valence-electron chi connectivity index (χ2n) is 10.8. The molecule has 0 spiro atoms. The minimum atomic E-state index is -0.233. The highest BCUT2D eigenvalue weighted by Crippen LogP contribution is 2.50. The van der Waals surface area contributed by atoms with E-state index in [1.165, 1.54) is 31.9 Å². The van der Waals surface area contributed by atoms with Crippen LogP contribution in [0.2, 0.25) is 0 Å². The summed E-state index contributed by atoms with van der Waals surface area (Å²) >= 11 is 1.89.